The molecular formula is C19H17N3O3. The number of para-hydroxylation sites is 1. The van der Waals surface area contributed by atoms with E-state index < -0.39 is 0 Å². The third-order valence-electron chi connectivity index (χ3n) is 4.13. The van der Waals surface area contributed by atoms with E-state index in [-0.39, 0.29) is 6.03 Å². The molecule has 2 aromatic carbocycles. The van der Waals surface area contributed by atoms with Gasteiger partial charge in [-0.15, -0.1) is 0 Å². The van der Waals surface area contributed by atoms with Gasteiger partial charge in [0.15, 0.2) is 11.6 Å². The van der Waals surface area contributed by atoms with Crippen molar-refractivity contribution in [3.05, 3.63) is 65.7 Å². The third kappa shape index (κ3) is 2.94. The molecule has 0 aliphatic carbocycles. The van der Waals surface area contributed by atoms with Crippen LogP contribution in [0.2, 0.25) is 0 Å². The van der Waals surface area contributed by atoms with Crippen molar-refractivity contribution in [2.45, 2.75) is 13.2 Å². The predicted octanol–water partition coefficient (Wildman–Crippen LogP) is 3.90. The molecule has 0 bridgehead atoms. The average molecular weight is 335 g/mol. The molecule has 25 heavy (non-hydrogen) atoms. The molecule has 3 aromatic rings. The van der Waals surface area contributed by atoms with Gasteiger partial charge in [-0.05, 0) is 17.7 Å². The minimum atomic E-state index is -0.251. The standard InChI is InChI=1S/C19H17N3O3/c1-22(11-13-7-3-2-4-8-13)19(23)20-18-15-12-24-16-10-6-5-9-14(16)17(15)25-21-18/h2-10H,11-12H2,1H3,(H,20,21,23). The van der Waals surface area contributed by atoms with Gasteiger partial charge in [0.1, 0.15) is 12.4 Å². The molecule has 4 rings (SSSR count). The number of amides is 2. The van der Waals surface area contributed by atoms with E-state index in [1.807, 2.05) is 54.6 Å². The topological polar surface area (TPSA) is 67.6 Å². The lowest BCUT2D eigenvalue weighted by atomic mass is 10.1. The van der Waals surface area contributed by atoms with Crippen LogP contribution in [-0.2, 0) is 13.2 Å². The number of carbonyl (C=O) groups excluding carboxylic acids is 1. The number of urea groups is 1. The Hall–Kier alpha value is -3.28. The van der Waals surface area contributed by atoms with Gasteiger partial charge in [-0.3, -0.25) is 5.32 Å². The van der Waals surface area contributed by atoms with Crippen LogP contribution in [0.4, 0.5) is 10.6 Å². The van der Waals surface area contributed by atoms with Crippen LogP contribution in [0.1, 0.15) is 11.1 Å². The molecule has 0 spiro atoms. The smallest absolute Gasteiger partial charge is 0.323 e. The van der Waals surface area contributed by atoms with E-state index in [0.29, 0.717) is 24.7 Å². The minimum absolute atomic E-state index is 0.251. The highest BCUT2D eigenvalue weighted by atomic mass is 16.5. The molecule has 0 atom stereocenters. The summed E-state index contributed by atoms with van der Waals surface area (Å²) in [6.45, 7) is 0.819. The molecule has 1 aliphatic heterocycles. The normalized spacial score (nSPS) is 11.9. The van der Waals surface area contributed by atoms with E-state index in [9.17, 15) is 4.79 Å². The summed E-state index contributed by atoms with van der Waals surface area (Å²) in [6, 6.07) is 17.2. The Labute approximate surface area is 145 Å². The van der Waals surface area contributed by atoms with Crippen molar-refractivity contribution in [3.63, 3.8) is 0 Å². The lowest BCUT2D eigenvalue weighted by Crippen LogP contribution is -2.31. The van der Waals surface area contributed by atoms with Gasteiger partial charge < -0.3 is 14.2 Å². The summed E-state index contributed by atoms with van der Waals surface area (Å²) in [7, 11) is 1.74. The number of hydrogen-bond acceptors (Lipinski definition) is 4. The summed E-state index contributed by atoms with van der Waals surface area (Å²) in [4.78, 5) is 14.0. The lowest BCUT2D eigenvalue weighted by Gasteiger charge is -2.19. The van der Waals surface area contributed by atoms with Gasteiger partial charge in [0.05, 0.1) is 11.1 Å². The molecule has 0 fully saturated rings. The number of hydrogen-bond donors (Lipinski definition) is 1. The molecule has 0 saturated carbocycles. The van der Waals surface area contributed by atoms with Crippen LogP contribution in [0.3, 0.4) is 0 Å². The summed E-state index contributed by atoms with van der Waals surface area (Å²) < 4.78 is 11.2. The van der Waals surface area contributed by atoms with Gasteiger partial charge in [-0.25, -0.2) is 4.79 Å². The van der Waals surface area contributed by atoms with Gasteiger partial charge in [-0.1, -0.05) is 47.6 Å². The van der Waals surface area contributed by atoms with Crippen molar-refractivity contribution in [1.82, 2.24) is 10.1 Å². The van der Waals surface area contributed by atoms with Crippen molar-refractivity contribution in [1.29, 1.82) is 0 Å². The third-order valence-corrected chi connectivity index (χ3v) is 4.13. The van der Waals surface area contributed by atoms with E-state index in [2.05, 4.69) is 10.5 Å². The highest BCUT2D eigenvalue weighted by molar-refractivity contribution is 5.90. The summed E-state index contributed by atoms with van der Waals surface area (Å²) in [5, 5.41) is 6.82. The fourth-order valence-corrected chi connectivity index (χ4v) is 2.81. The van der Waals surface area contributed by atoms with Crippen molar-refractivity contribution in [2.75, 3.05) is 12.4 Å². The molecule has 1 N–H and O–H groups in total. The maximum atomic E-state index is 12.4. The van der Waals surface area contributed by atoms with Crippen LogP contribution in [-0.4, -0.2) is 23.1 Å². The quantitative estimate of drug-likeness (QED) is 0.788. The number of carbonyl (C=O) groups is 1. The Bertz CT molecular complexity index is 905. The minimum Gasteiger partial charge on any atom is -0.488 e. The zero-order chi connectivity index (χ0) is 17.2. The van der Waals surface area contributed by atoms with E-state index in [4.69, 9.17) is 9.26 Å². The molecule has 6 nitrogen and oxygen atoms in total. The molecule has 126 valence electrons. The second kappa shape index (κ2) is 6.32. The van der Waals surface area contributed by atoms with Crippen LogP contribution in [0.25, 0.3) is 11.3 Å². The molecular weight excluding hydrogens is 318 g/mol. The molecule has 0 saturated heterocycles. The van der Waals surface area contributed by atoms with Gasteiger partial charge in [0, 0.05) is 13.6 Å². The molecule has 2 amide bonds. The summed E-state index contributed by atoms with van der Waals surface area (Å²) in [5.41, 5.74) is 2.65. The highest BCUT2D eigenvalue weighted by Gasteiger charge is 2.26. The summed E-state index contributed by atoms with van der Waals surface area (Å²) in [5.74, 6) is 1.79. The Balaban J connectivity index is 1.51. The summed E-state index contributed by atoms with van der Waals surface area (Å²) in [6.07, 6.45) is 0. The van der Waals surface area contributed by atoms with E-state index >= 15 is 0 Å². The Morgan fingerprint density at radius 3 is 2.76 bits per heavy atom. The first-order valence-electron chi connectivity index (χ1n) is 7.99. The second-order valence-electron chi connectivity index (χ2n) is 5.90. The van der Waals surface area contributed by atoms with E-state index in [1.54, 1.807) is 11.9 Å². The number of ether oxygens (including phenoxy) is 1. The zero-order valence-corrected chi connectivity index (χ0v) is 13.7. The Kier molecular flexibility index (Phi) is 3.85. The molecule has 1 aliphatic rings. The first kappa shape index (κ1) is 15.3. The molecule has 0 radical (unpaired) electrons. The molecule has 2 heterocycles. The van der Waals surface area contributed by atoms with Gasteiger partial charge >= 0.3 is 6.03 Å². The van der Waals surface area contributed by atoms with Gasteiger partial charge in [-0.2, -0.15) is 0 Å². The Morgan fingerprint density at radius 2 is 1.92 bits per heavy atom. The molecule has 0 unspecified atom stereocenters. The maximum Gasteiger partial charge on any atom is 0.323 e. The largest absolute Gasteiger partial charge is 0.488 e. The SMILES string of the molecule is CN(Cc1ccccc1)C(=O)Nc1noc2c1COc1ccccc1-2. The lowest BCUT2D eigenvalue weighted by molar-refractivity contribution is 0.220. The molecule has 6 heteroatoms. The van der Waals surface area contributed by atoms with Crippen LogP contribution in [0.15, 0.2) is 59.1 Å². The van der Waals surface area contributed by atoms with Crippen LogP contribution in [0, 0.1) is 0 Å². The average Bonchev–Trinajstić information content (AvgIpc) is 3.06. The summed E-state index contributed by atoms with van der Waals surface area (Å²) >= 11 is 0. The van der Waals surface area contributed by atoms with Crippen LogP contribution in [0.5, 0.6) is 5.75 Å². The number of benzene rings is 2. The van der Waals surface area contributed by atoms with Crippen molar-refractivity contribution in [3.8, 4) is 17.1 Å². The van der Waals surface area contributed by atoms with Crippen LogP contribution < -0.4 is 10.1 Å². The number of fused-ring (bicyclic) bond motifs is 3. The maximum absolute atomic E-state index is 12.4. The predicted molar refractivity (Wildman–Crippen MR) is 93.2 cm³/mol. The van der Waals surface area contributed by atoms with Crippen molar-refractivity contribution < 1.29 is 14.1 Å². The number of rotatable bonds is 3. The second-order valence-corrected chi connectivity index (χ2v) is 5.90. The number of nitrogens with zero attached hydrogens (tertiary/aromatic N) is 2. The number of aromatic nitrogens is 1. The van der Waals surface area contributed by atoms with Crippen LogP contribution >= 0.6 is 0 Å². The van der Waals surface area contributed by atoms with Gasteiger partial charge in [0.2, 0.25) is 0 Å². The fraction of sp³-hybridized carbons (Fsp3) is 0.158. The van der Waals surface area contributed by atoms with E-state index in [1.165, 1.54) is 0 Å². The number of nitrogens with one attached hydrogen (secondary N) is 1. The first-order chi connectivity index (χ1) is 12.2. The zero-order valence-electron chi connectivity index (χ0n) is 13.7. The van der Waals surface area contributed by atoms with E-state index in [0.717, 1.165) is 22.4 Å². The monoisotopic (exact) mass is 335 g/mol. The molecule has 1 aromatic heterocycles. The fourth-order valence-electron chi connectivity index (χ4n) is 2.81. The Morgan fingerprint density at radius 1 is 1.16 bits per heavy atom. The first-order valence-corrected chi connectivity index (χ1v) is 7.99. The highest BCUT2D eigenvalue weighted by Crippen LogP contribution is 2.40. The van der Waals surface area contributed by atoms with Crippen molar-refractivity contribution >= 4 is 11.8 Å². The van der Waals surface area contributed by atoms with Gasteiger partial charge in [0.25, 0.3) is 0 Å². The number of anilines is 1. The van der Waals surface area contributed by atoms with Crippen molar-refractivity contribution in [2.24, 2.45) is 0 Å².